The normalized spacial score (nSPS) is 11.2. The summed E-state index contributed by atoms with van der Waals surface area (Å²) in [5.41, 5.74) is 2.77. The molecule has 0 fully saturated rings. The number of nitro groups is 1. The monoisotopic (exact) mass is 377 g/mol. The molecule has 0 atom stereocenters. The third-order valence-electron chi connectivity index (χ3n) is 3.85. The van der Waals surface area contributed by atoms with E-state index < -0.39 is 4.92 Å². The number of benzene rings is 2. The number of non-ortho nitro benzene ring substituents is 1. The summed E-state index contributed by atoms with van der Waals surface area (Å²) in [7, 11) is 0. The first-order valence-corrected chi connectivity index (χ1v) is 8.83. The van der Waals surface area contributed by atoms with Crippen molar-refractivity contribution in [3.63, 3.8) is 0 Å². The van der Waals surface area contributed by atoms with Crippen LogP contribution in [-0.2, 0) is 0 Å². The highest BCUT2D eigenvalue weighted by atomic mass is 32.2. The molecule has 0 saturated heterocycles. The molecule has 0 spiro atoms. The van der Waals surface area contributed by atoms with Gasteiger partial charge in [-0.3, -0.25) is 14.7 Å². The number of nitrogens with zero attached hydrogens (tertiary/aromatic N) is 5. The Morgan fingerprint density at radius 3 is 2.41 bits per heavy atom. The van der Waals surface area contributed by atoms with Crippen molar-refractivity contribution in [2.24, 2.45) is 0 Å². The minimum absolute atomic E-state index is 0.00118. The summed E-state index contributed by atoms with van der Waals surface area (Å²) in [6.07, 6.45) is 1.40. The van der Waals surface area contributed by atoms with Gasteiger partial charge in [0.2, 0.25) is 5.16 Å². The lowest BCUT2D eigenvalue weighted by Gasteiger charge is -2.10. The highest BCUT2D eigenvalue weighted by Crippen LogP contribution is 2.35. The number of nitriles is 1. The molecule has 0 saturated carbocycles. The Bertz CT molecular complexity index is 1050. The van der Waals surface area contributed by atoms with E-state index in [1.165, 1.54) is 30.0 Å². The van der Waals surface area contributed by atoms with E-state index in [9.17, 15) is 10.1 Å². The Hall–Kier alpha value is -3.44. The predicted octanol–water partition coefficient (Wildman–Crippen LogP) is 4.45. The largest absolute Gasteiger partial charge is 0.274 e. The van der Waals surface area contributed by atoms with Gasteiger partial charge in [-0.15, -0.1) is 10.2 Å². The zero-order valence-corrected chi connectivity index (χ0v) is 15.5. The molecule has 134 valence electrons. The average molecular weight is 377 g/mol. The molecule has 0 aliphatic carbocycles. The molecule has 0 radical (unpaired) electrons. The second-order valence-corrected chi connectivity index (χ2v) is 6.75. The molecule has 0 N–H and O–H groups in total. The van der Waals surface area contributed by atoms with E-state index in [0.29, 0.717) is 15.6 Å². The van der Waals surface area contributed by atoms with Gasteiger partial charge in [0.15, 0.2) is 0 Å². The van der Waals surface area contributed by atoms with Crippen LogP contribution < -0.4 is 0 Å². The van der Waals surface area contributed by atoms with Crippen molar-refractivity contribution in [1.29, 1.82) is 5.26 Å². The van der Waals surface area contributed by atoms with Crippen molar-refractivity contribution in [2.45, 2.75) is 19.0 Å². The highest BCUT2D eigenvalue weighted by molar-refractivity contribution is 8.08. The first kappa shape index (κ1) is 18.4. The van der Waals surface area contributed by atoms with Crippen LogP contribution in [0.1, 0.15) is 17.0 Å². The summed E-state index contributed by atoms with van der Waals surface area (Å²) in [4.78, 5) is 11.0. The fraction of sp³-hybridized carbons (Fsp3) is 0.105. The average Bonchev–Trinajstić information content (AvgIpc) is 3.02. The maximum Gasteiger partial charge on any atom is 0.269 e. The maximum atomic E-state index is 10.8. The first-order chi connectivity index (χ1) is 13.0. The summed E-state index contributed by atoms with van der Waals surface area (Å²) in [6, 6.07) is 16.1. The first-order valence-electron chi connectivity index (χ1n) is 8.01. The van der Waals surface area contributed by atoms with Crippen LogP contribution in [0.3, 0.4) is 0 Å². The van der Waals surface area contributed by atoms with E-state index in [2.05, 4.69) is 10.2 Å². The number of aryl methyl sites for hydroxylation is 2. The van der Waals surface area contributed by atoms with Crippen LogP contribution in [0.25, 0.3) is 10.6 Å². The molecule has 3 aromatic rings. The lowest BCUT2D eigenvalue weighted by molar-refractivity contribution is -0.384. The Kier molecular flexibility index (Phi) is 5.33. The summed E-state index contributed by atoms with van der Waals surface area (Å²) < 4.78 is 1.90. The lowest BCUT2D eigenvalue weighted by atomic mass is 10.2. The van der Waals surface area contributed by atoms with E-state index in [1.807, 2.05) is 48.7 Å². The fourth-order valence-corrected chi connectivity index (χ4v) is 3.45. The van der Waals surface area contributed by atoms with Crippen LogP contribution in [0, 0.1) is 35.3 Å². The maximum absolute atomic E-state index is 10.8. The molecular formula is C19H15N5O2S. The van der Waals surface area contributed by atoms with E-state index in [1.54, 1.807) is 12.1 Å². The minimum Gasteiger partial charge on any atom is -0.274 e. The second kappa shape index (κ2) is 7.85. The van der Waals surface area contributed by atoms with Crippen molar-refractivity contribution in [3.8, 4) is 11.8 Å². The zero-order valence-electron chi connectivity index (χ0n) is 14.7. The minimum atomic E-state index is -0.456. The van der Waals surface area contributed by atoms with Crippen LogP contribution >= 0.6 is 11.8 Å². The van der Waals surface area contributed by atoms with Crippen LogP contribution in [-0.4, -0.2) is 19.7 Å². The Morgan fingerprint density at radius 2 is 1.81 bits per heavy atom. The molecule has 0 amide bonds. The van der Waals surface area contributed by atoms with Gasteiger partial charge in [-0.1, -0.05) is 17.7 Å². The quantitative estimate of drug-likeness (QED) is 0.282. The van der Waals surface area contributed by atoms with Crippen molar-refractivity contribution in [2.75, 3.05) is 0 Å². The summed E-state index contributed by atoms with van der Waals surface area (Å²) >= 11 is 1.29. The fourth-order valence-electron chi connectivity index (χ4n) is 2.48. The summed E-state index contributed by atoms with van der Waals surface area (Å²) in [5, 5.41) is 29.0. The molecule has 7 nitrogen and oxygen atoms in total. The van der Waals surface area contributed by atoms with E-state index in [4.69, 9.17) is 5.26 Å². The molecule has 0 bridgehead atoms. The van der Waals surface area contributed by atoms with Gasteiger partial charge >= 0.3 is 0 Å². The van der Waals surface area contributed by atoms with E-state index >= 15 is 0 Å². The van der Waals surface area contributed by atoms with Gasteiger partial charge in [0.25, 0.3) is 5.69 Å². The van der Waals surface area contributed by atoms with E-state index in [0.717, 1.165) is 17.1 Å². The molecule has 2 aromatic carbocycles. The number of rotatable bonds is 5. The summed E-state index contributed by atoms with van der Waals surface area (Å²) in [6.45, 7) is 3.87. The third kappa shape index (κ3) is 4.04. The second-order valence-electron chi connectivity index (χ2n) is 5.74. The molecule has 8 heteroatoms. The molecule has 27 heavy (non-hydrogen) atoms. The van der Waals surface area contributed by atoms with Gasteiger partial charge in [-0.05, 0) is 55.4 Å². The smallest absolute Gasteiger partial charge is 0.269 e. The Labute approximate surface area is 160 Å². The van der Waals surface area contributed by atoms with Crippen molar-refractivity contribution in [1.82, 2.24) is 14.8 Å². The van der Waals surface area contributed by atoms with Gasteiger partial charge in [-0.25, -0.2) is 0 Å². The van der Waals surface area contributed by atoms with Crippen molar-refractivity contribution >= 4 is 22.4 Å². The number of aromatic nitrogens is 3. The standard InChI is InChI=1S/C19H15N5O2S/c1-13-3-7-16(8-4-13)23-14(2)21-22-19(23)27-18(11-12-20)15-5-9-17(10-6-15)24(25)26/h3-11H,1-2H3/b18-11-. The third-order valence-corrected chi connectivity index (χ3v) is 4.87. The van der Waals surface area contributed by atoms with Gasteiger partial charge in [0.1, 0.15) is 5.82 Å². The van der Waals surface area contributed by atoms with E-state index in [-0.39, 0.29) is 5.69 Å². The number of hydrogen-bond donors (Lipinski definition) is 0. The molecule has 0 unspecified atom stereocenters. The van der Waals surface area contributed by atoms with Crippen LogP contribution in [0.2, 0.25) is 0 Å². The number of nitro benzene ring substituents is 1. The van der Waals surface area contributed by atoms with Gasteiger partial charge in [0, 0.05) is 28.8 Å². The molecular weight excluding hydrogens is 362 g/mol. The molecule has 1 heterocycles. The predicted molar refractivity (Wildman–Crippen MR) is 103 cm³/mol. The highest BCUT2D eigenvalue weighted by Gasteiger charge is 2.15. The van der Waals surface area contributed by atoms with Crippen LogP contribution in [0.15, 0.2) is 59.8 Å². The number of hydrogen-bond acceptors (Lipinski definition) is 6. The zero-order chi connectivity index (χ0) is 19.4. The SMILES string of the molecule is Cc1ccc(-n2c(C)nnc2S/C(=C\C#N)c2ccc([N+](=O)[O-])cc2)cc1. The topological polar surface area (TPSA) is 97.6 Å². The number of allylic oxidation sites excluding steroid dienone is 1. The van der Waals surface area contributed by atoms with Crippen molar-refractivity contribution < 1.29 is 4.92 Å². The van der Waals surface area contributed by atoms with Crippen LogP contribution in [0.5, 0.6) is 0 Å². The molecule has 0 aliphatic heterocycles. The number of thioether (sulfide) groups is 1. The Morgan fingerprint density at radius 1 is 1.15 bits per heavy atom. The van der Waals surface area contributed by atoms with Crippen molar-refractivity contribution in [3.05, 3.63) is 81.7 Å². The van der Waals surface area contributed by atoms with Gasteiger partial charge < -0.3 is 0 Å². The molecule has 1 aromatic heterocycles. The molecule has 3 rings (SSSR count). The summed E-state index contributed by atoms with van der Waals surface area (Å²) in [5.74, 6) is 0.723. The Balaban J connectivity index is 1.97. The van der Waals surface area contributed by atoms with Gasteiger partial charge in [0.05, 0.1) is 11.0 Å². The van der Waals surface area contributed by atoms with Crippen LogP contribution in [0.4, 0.5) is 5.69 Å². The lowest BCUT2D eigenvalue weighted by Crippen LogP contribution is -1.99. The van der Waals surface area contributed by atoms with Gasteiger partial charge in [-0.2, -0.15) is 5.26 Å². The molecule has 0 aliphatic rings.